The van der Waals surface area contributed by atoms with Crippen molar-refractivity contribution in [3.05, 3.63) is 138 Å². The van der Waals surface area contributed by atoms with Crippen molar-refractivity contribution in [1.29, 1.82) is 0 Å². The normalized spacial score (nSPS) is 20.5. The van der Waals surface area contributed by atoms with Crippen LogP contribution in [-0.2, 0) is 0 Å². The van der Waals surface area contributed by atoms with Gasteiger partial charge in [0.25, 0.3) is 5.91 Å². The molecule has 1 amide bonds. The van der Waals surface area contributed by atoms with Crippen LogP contribution in [0.3, 0.4) is 0 Å². The minimum absolute atomic E-state index is 0.0390. The summed E-state index contributed by atoms with van der Waals surface area (Å²) in [6, 6.07) is 34.0. The van der Waals surface area contributed by atoms with Crippen LogP contribution >= 0.6 is 7.92 Å². The molecule has 51 heavy (non-hydrogen) atoms. The first-order chi connectivity index (χ1) is 24.8. The van der Waals surface area contributed by atoms with Crippen LogP contribution in [0.1, 0.15) is 85.5 Å². The van der Waals surface area contributed by atoms with E-state index in [-0.39, 0.29) is 18.0 Å². The largest absolute Gasteiger partial charge is 0.497 e. The lowest BCUT2D eigenvalue weighted by Gasteiger charge is -2.51. The van der Waals surface area contributed by atoms with E-state index in [2.05, 4.69) is 123 Å². The number of fused-ring (bicyclic) bond motifs is 4. The molecule has 4 aromatic carbocycles. The van der Waals surface area contributed by atoms with Gasteiger partial charge in [0.1, 0.15) is 5.75 Å². The standard InChI is InChI=1S/C45H50N3O2P/c1-7-31-28-48-25-23-32(31)26-40(48)44(36-22-24-46-39-21-20-33(50-6)27-38(36)39)47-45(49)37-16-10-13-19-43(37)51(41-17-11-8-14-34(41)29(2)3)42-18-12-9-15-35(42)30(4)5/h7-22,24,27,29-32,40,44H,1,23,25-26,28H2,2-6H3,(H,47,49). The molecule has 5 aromatic rings. The molecular formula is C45H50N3O2P. The Morgan fingerprint density at radius 1 is 0.882 bits per heavy atom. The summed E-state index contributed by atoms with van der Waals surface area (Å²) in [4.78, 5) is 22.4. The summed E-state index contributed by atoms with van der Waals surface area (Å²) in [5.74, 6) is 2.46. The van der Waals surface area contributed by atoms with Crippen LogP contribution in [0.15, 0.2) is 116 Å². The van der Waals surface area contributed by atoms with Crippen LogP contribution in [0.2, 0.25) is 0 Å². The molecule has 8 rings (SSSR count). The van der Waals surface area contributed by atoms with E-state index in [1.54, 1.807) is 7.11 Å². The summed E-state index contributed by atoms with van der Waals surface area (Å²) in [7, 11) is 0.640. The highest BCUT2D eigenvalue weighted by atomic mass is 31.1. The zero-order chi connectivity index (χ0) is 35.6. The molecule has 5 atom stereocenters. The van der Waals surface area contributed by atoms with Gasteiger partial charge in [-0.25, -0.2) is 0 Å². The molecule has 0 saturated carbocycles. The molecule has 3 saturated heterocycles. The number of hydrogen-bond donors (Lipinski definition) is 1. The molecule has 5 nitrogen and oxygen atoms in total. The fourth-order valence-electron chi connectivity index (χ4n) is 8.48. The number of benzene rings is 4. The number of rotatable bonds is 11. The molecule has 3 aliphatic rings. The summed E-state index contributed by atoms with van der Waals surface area (Å²) < 4.78 is 5.68. The number of hydrogen-bond acceptors (Lipinski definition) is 4. The van der Waals surface area contributed by atoms with Crippen LogP contribution in [0.25, 0.3) is 10.9 Å². The van der Waals surface area contributed by atoms with Crippen LogP contribution in [0, 0.1) is 11.8 Å². The van der Waals surface area contributed by atoms with E-state index >= 15 is 4.79 Å². The number of amides is 1. The van der Waals surface area contributed by atoms with Gasteiger partial charge in [-0.05, 0) is 114 Å². The molecule has 0 aliphatic carbocycles. The predicted molar refractivity (Wildman–Crippen MR) is 214 cm³/mol. The van der Waals surface area contributed by atoms with Crippen molar-refractivity contribution in [2.24, 2.45) is 11.8 Å². The van der Waals surface area contributed by atoms with Crippen molar-refractivity contribution in [2.45, 2.75) is 64.5 Å². The van der Waals surface area contributed by atoms with Gasteiger partial charge in [-0.2, -0.15) is 0 Å². The maximum atomic E-state index is 15.1. The lowest BCUT2D eigenvalue weighted by molar-refractivity contribution is 0.00171. The second kappa shape index (κ2) is 15.1. The molecule has 5 unspecified atom stereocenters. The molecule has 0 radical (unpaired) electrons. The molecule has 3 aliphatic heterocycles. The smallest absolute Gasteiger partial charge is 0.252 e. The number of carbonyl (C=O) groups excluding carboxylic acids is 1. The van der Waals surface area contributed by atoms with Crippen molar-refractivity contribution < 1.29 is 9.53 Å². The highest BCUT2D eigenvalue weighted by molar-refractivity contribution is 7.80. The first-order valence-corrected chi connectivity index (χ1v) is 19.8. The lowest BCUT2D eigenvalue weighted by Crippen LogP contribution is -2.57. The summed E-state index contributed by atoms with van der Waals surface area (Å²) in [5.41, 5.74) is 5.37. The Labute approximate surface area is 304 Å². The van der Waals surface area contributed by atoms with E-state index in [0.717, 1.165) is 59.0 Å². The molecular weight excluding hydrogens is 645 g/mol. The minimum atomic E-state index is -1.06. The average Bonchev–Trinajstić information content (AvgIpc) is 3.17. The third-order valence-corrected chi connectivity index (χ3v) is 13.8. The van der Waals surface area contributed by atoms with Gasteiger partial charge in [-0.1, -0.05) is 101 Å². The Kier molecular flexibility index (Phi) is 10.4. The Hall–Kier alpha value is -4.31. The summed E-state index contributed by atoms with van der Waals surface area (Å²) in [6.45, 7) is 15.2. The molecule has 262 valence electrons. The zero-order valence-electron chi connectivity index (χ0n) is 30.6. The number of pyridine rings is 1. The Balaban J connectivity index is 1.37. The van der Waals surface area contributed by atoms with Gasteiger partial charge in [-0.15, -0.1) is 6.58 Å². The summed E-state index contributed by atoms with van der Waals surface area (Å²) in [5, 5.41) is 8.39. The third kappa shape index (κ3) is 6.87. The number of methoxy groups -OCH3 is 1. The van der Waals surface area contributed by atoms with Crippen molar-refractivity contribution in [1.82, 2.24) is 15.2 Å². The second-order valence-electron chi connectivity index (χ2n) is 14.8. The number of aromatic nitrogens is 1. The molecule has 4 heterocycles. The number of ether oxygens (including phenoxy) is 1. The lowest BCUT2D eigenvalue weighted by atomic mass is 9.73. The fraction of sp³-hybridized carbons (Fsp3) is 0.333. The second-order valence-corrected chi connectivity index (χ2v) is 16.9. The van der Waals surface area contributed by atoms with Crippen LogP contribution in [-0.4, -0.2) is 42.0 Å². The van der Waals surface area contributed by atoms with Crippen molar-refractivity contribution in [3.63, 3.8) is 0 Å². The quantitative estimate of drug-likeness (QED) is 0.111. The monoisotopic (exact) mass is 695 g/mol. The van der Waals surface area contributed by atoms with Gasteiger partial charge in [-0.3, -0.25) is 14.7 Å². The first kappa shape index (κ1) is 35.1. The minimum Gasteiger partial charge on any atom is -0.497 e. The molecule has 1 aromatic heterocycles. The molecule has 3 fully saturated rings. The van der Waals surface area contributed by atoms with Crippen molar-refractivity contribution in [3.8, 4) is 5.75 Å². The number of piperidine rings is 3. The van der Waals surface area contributed by atoms with E-state index in [1.165, 1.54) is 21.7 Å². The van der Waals surface area contributed by atoms with Gasteiger partial charge in [0.15, 0.2) is 0 Å². The first-order valence-electron chi connectivity index (χ1n) is 18.5. The third-order valence-electron chi connectivity index (χ3n) is 11.1. The van der Waals surface area contributed by atoms with E-state index in [1.807, 2.05) is 30.5 Å². The van der Waals surface area contributed by atoms with E-state index in [9.17, 15) is 0 Å². The fourth-order valence-corrected chi connectivity index (χ4v) is 11.6. The van der Waals surface area contributed by atoms with E-state index in [0.29, 0.717) is 23.7 Å². The SMILES string of the molecule is C=CC1CN2CCC1CC2C(NC(=O)c1ccccc1P(c1ccccc1C(C)C)c1ccccc1C(C)C)c1ccnc2ccc(OC)cc12. The number of nitrogens with zero attached hydrogens (tertiary/aromatic N) is 2. The van der Waals surface area contributed by atoms with E-state index < -0.39 is 7.92 Å². The Morgan fingerprint density at radius 2 is 1.53 bits per heavy atom. The van der Waals surface area contributed by atoms with Gasteiger partial charge >= 0.3 is 0 Å². The maximum absolute atomic E-state index is 15.1. The molecule has 1 N–H and O–H groups in total. The zero-order valence-corrected chi connectivity index (χ0v) is 31.4. The highest BCUT2D eigenvalue weighted by Gasteiger charge is 2.43. The van der Waals surface area contributed by atoms with Crippen LogP contribution < -0.4 is 26.0 Å². The van der Waals surface area contributed by atoms with Gasteiger partial charge in [0, 0.05) is 29.7 Å². The van der Waals surface area contributed by atoms with Gasteiger partial charge < -0.3 is 10.1 Å². The Bertz CT molecular complexity index is 1990. The predicted octanol–water partition coefficient (Wildman–Crippen LogP) is 8.62. The molecule has 6 heteroatoms. The molecule has 2 bridgehead atoms. The number of carbonyl (C=O) groups is 1. The average molecular weight is 696 g/mol. The van der Waals surface area contributed by atoms with Crippen LogP contribution in [0.4, 0.5) is 0 Å². The van der Waals surface area contributed by atoms with Crippen molar-refractivity contribution >= 4 is 40.6 Å². The topological polar surface area (TPSA) is 54.5 Å². The van der Waals surface area contributed by atoms with Gasteiger partial charge in [0.2, 0.25) is 0 Å². The maximum Gasteiger partial charge on any atom is 0.252 e. The van der Waals surface area contributed by atoms with Crippen LogP contribution in [0.5, 0.6) is 5.75 Å². The summed E-state index contributed by atoms with van der Waals surface area (Å²) >= 11 is 0. The van der Waals surface area contributed by atoms with Gasteiger partial charge in [0.05, 0.1) is 18.7 Å². The van der Waals surface area contributed by atoms with E-state index in [4.69, 9.17) is 9.72 Å². The van der Waals surface area contributed by atoms with Crippen molar-refractivity contribution in [2.75, 3.05) is 20.2 Å². The summed E-state index contributed by atoms with van der Waals surface area (Å²) in [6.07, 6.45) is 6.19. The number of nitrogens with one attached hydrogen (secondary N) is 1. The Morgan fingerprint density at radius 3 is 2.14 bits per heavy atom. The highest BCUT2D eigenvalue weighted by Crippen LogP contribution is 2.43. The molecule has 0 spiro atoms.